The fourth-order valence-corrected chi connectivity index (χ4v) is 1.02. The normalized spacial score (nSPS) is 8.50. The summed E-state index contributed by atoms with van der Waals surface area (Å²) in [5.74, 6) is -0.855. The maximum atomic E-state index is 10.1. The Bertz CT molecular complexity index is 208. The summed E-state index contributed by atoms with van der Waals surface area (Å²) in [7, 11) is 3.28. The molecule has 0 aromatic carbocycles. The van der Waals surface area contributed by atoms with Crippen molar-refractivity contribution in [2.75, 3.05) is 14.2 Å². The molecule has 1 aromatic rings. The minimum atomic E-state index is -0.855. The van der Waals surface area contributed by atoms with Crippen LogP contribution in [0.1, 0.15) is 10.4 Å². The molecule has 0 saturated heterocycles. The molecule has 0 fully saturated rings. The predicted octanol–water partition coefficient (Wildman–Crippen LogP) is 1.21. The first-order valence-electron chi connectivity index (χ1n) is 3.17. The molecule has 12 heavy (non-hydrogen) atoms. The van der Waals surface area contributed by atoms with E-state index in [0.29, 0.717) is 5.56 Å². The molecule has 4 nitrogen and oxygen atoms in total. The lowest BCUT2D eigenvalue weighted by Gasteiger charge is -1.80. The maximum Gasteiger partial charge on any atom is 0.336 e. The van der Waals surface area contributed by atoms with E-state index in [1.165, 1.54) is 11.3 Å². The summed E-state index contributed by atoms with van der Waals surface area (Å²) in [6.45, 7) is 0. The Hall–Kier alpha value is -0.910. The zero-order valence-electron chi connectivity index (χ0n) is 6.90. The summed E-state index contributed by atoms with van der Waals surface area (Å²) in [5.41, 5.74) is 2.80. The Kier molecular flexibility index (Phi) is 6.26. The Balaban J connectivity index is 0.000000261. The van der Waals surface area contributed by atoms with Gasteiger partial charge in [-0.1, -0.05) is 0 Å². The Morgan fingerprint density at radius 2 is 2.33 bits per heavy atom. The molecule has 1 aromatic heterocycles. The molecular weight excluding hydrogens is 178 g/mol. The van der Waals surface area contributed by atoms with Crippen molar-refractivity contribution in [2.24, 2.45) is 0 Å². The third-order valence-electron chi connectivity index (χ3n) is 0.972. The van der Waals surface area contributed by atoms with Gasteiger partial charge in [-0.15, -0.1) is 0 Å². The fraction of sp³-hybridized carbons (Fsp3) is 0.286. The summed E-state index contributed by atoms with van der Waals surface area (Å²) < 4.78 is 0. The van der Waals surface area contributed by atoms with Gasteiger partial charge in [-0.2, -0.15) is 11.3 Å². The van der Waals surface area contributed by atoms with Crippen molar-refractivity contribution < 1.29 is 14.7 Å². The highest BCUT2D eigenvalue weighted by atomic mass is 32.1. The van der Waals surface area contributed by atoms with Gasteiger partial charge in [0.25, 0.3) is 0 Å². The summed E-state index contributed by atoms with van der Waals surface area (Å²) in [6, 6.07) is 1.58. The number of hydroxylamine groups is 1. The topological polar surface area (TPSA) is 58.6 Å². The van der Waals surface area contributed by atoms with Crippen LogP contribution in [0.5, 0.6) is 0 Å². The van der Waals surface area contributed by atoms with E-state index in [0.717, 1.165) is 0 Å². The number of thiophene rings is 1. The number of aromatic carboxylic acids is 1. The van der Waals surface area contributed by atoms with E-state index in [-0.39, 0.29) is 0 Å². The standard InChI is InChI=1S/C5H4O2S.C2H7NO/c6-5(7)4-1-2-8-3-4;1-3-4-2/h1-3H,(H,6,7);3H,1-2H3. The van der Waals surface area contributed by atoms with Gasteiger partial charge in [0.05, 0.1) is 12.7 Å². The SMILES string of the molecule is CNOC.O=C(O)c1ccsc1. The second-order valence-corrected chi connectivity index (χ2v) is 2.51. The van der Waals surface area contributed by atoms with Crippen LogP contribution in [0.2, 0.25) is 0 Å². The van der Waals surface area contributed by atoms with Crippen molar-refractivity contribution in [1.29, 1.82) is 0 Å². The van der Waals surface area contributed by atoms with Crippen molar-refractivity contribution in [1.82, 2.24) is 5.48 Å². The van der Waals surface area contributed by atoms with Crippen LogP contribution in [0.4, 0.5) is 0 Å². The second-order valence-electron chi connectivity index (χ2n) is 1.73. The first kappa shape index (κ1) is 11.1. The van der Waals surface area contributed by atoms with E-state index in [1.54, 1.807) is 31.0 Å². The minimum Gasteiger partial charge on any atom is -0.478 e. The molecule has 1 rings (SSSR count). The van der Waals surface area contributed by atoms with Gasteiger partial charge in [0, 0.05) is 12.4 Å². The van der Waals surface area contributed by atoms with Gasteiger partial charge in [-0.05, 0) is 11.4 Å². The van der Waals surface area contributed by atoms with Gasteiger partial charge in [0.15, 0.2) is 0 Å². The van der Waals surface area contributed by atoms with E-state index in [2.05, 4.69) is 10.3 Å². The molecule has 0 unspecified atom stereocenters. The van der Waals surface area contributed by atoms with E-state index in [4.69, 9.17) is 5.11 Å². The molecule has 0 radical (unpaired) electrons. The van der Waals surface area contributed by atoms with Gasteiger partial charge in [0.2, 0.25) is 0 Å². The molecule has 0 bridgehead atoms. The average molecular weight is 189 g/mol. The first-order valence-corrected chi connectivity index (χ1v) is 4.12. The fourth-order valence-electron chi connectivity index (χ4n) is 0.386. The Labute approximate surface area is 74.7 Å². The molecule has 0 aliphatic heterocycles. The van der Waals surface area contributed by atoms with Gasteiger partial charge >= 0.3 is 5.97 Å². The largest absolute Gasteiger partial charge is 0.478 e. The zero-order chi connectivity index (χ0) is 9.40. The first-order chi connectivity index (χ1) is 5.72. The summed E-state index contributed by atoms with van der Waals surface area (Å²) >= 11 is 1.39. The molecule has 5 heteroatoms. The summed E-state index contributed by atoms with van der Waals surface area (Å²) in [6.07, 6.45) is 0. The second kappa shape index (κ2) is 6.78. The highest BCUT2D eigenvalue weighted by molar-refractivity contribution is 7.08. The van der Waals surface area contributed by atoms with Crippen LogP contribution in [0, 0.1) is 0 Å². The smallest absolute Gasteiger partial charge is 0.336 e. The number of carboxylic acids is 1. The monoisotopic (exact) mass is 189 g/mol. The number of carboxylic acid groups (broad SMARTS) is 1. The molecule has 0 amide bonds. The third-order valence-corrected chi connectivity index (χ3v) is 1.66. The molecule has 0 aliphatic rings. The highest BCUT2D eigenvalue weighted by Crippen LogP contribution is 2.04. The zero-order valence-corrected chi connectivity index (χ0v) is 7.72. The van der Waals surface area contributed by atoms with Crippen LogP contribution in [0.25, 0.3) is 0 Å². The molecular formula is C7H11NO3S. The highest BCUT2D eigenvalue weighted by Gasteiger charge is 1.98. The minimum absolute atomic E-state index is 0.370. The van der Waals surface area contributed by atoms with E-state index < -0.39 is 5.97 Å². The molecule has 68 valence electrons. The van der Waals surface area contributed by atoms with Crippen LogP contribution >= 0.6 is 11.3 Å². The number of nitrogens with one attached hydrogen (secondary N) is 1. The summed E-state index contributed by atoms with van der Waals surface area (Å²) in [5, 5.41) is 11.6. The van der Waals surface area contributed by atoms with Gasteiger partial charge in [0.1, 0.15) is 0 Å². The molecule has 0 saturated carbocycles. The lowest BCUT2D eigenvalue weighted by molar-refractivity contribution is 0.0697. The quantitative estimate of drug-likeness (QED) is 0.687. The molecule has 0 aliphatic carbocycles. The van der Waals surface area contributed by atoms with Crippen molar-refractivity contribution in [3.63, 3.8) is 0 Å². The Morgan fingerprint density at radius 3 is 2.50 bits per heavy atom. The molecule has 1 heterocycles. The summed E-state index contributed by atoms with van der Waals surface area (Å²) in [4.78, 5) is 14.4. The van der Waals surface area contributed by atoms with Crippen LogP contribution in [-0.4, -0.2) is 25.2 Å². The van der Waals surface area contributed by atoms with Crippen molar-refractivity contribution >= 4 is 17.3 Å². The number of rotatable bonds is 2. The van der Waals surface area contributed by atoms with Crippen molar-refractivity contribution in [3.05, 3.63) is 22.4 Å². The van der Waals surface area contributed by atoms with Crippen molar-refractivity contribution in [2.45, 2.75) is 0 Å². The molecule has 2 N–H and O–H groups in total. The Morgan fingerprint density at radius 1 is 1.75 bits per heavy atom. The van der Waals surface area contributed by atoms with Crippen molar-refractivity contribution in [3.8, 4) is 0 Å². The number of hydrogen-bond acceptors (Lipinski definition) is 4. The van der Waals surface area contributed by atoms with Crippen LogP contribution in [0.15, 0.2) is 16.8 Å². The average Bonchev–Trinajstić information content (AvgIpc) is 2.57. The van der Waals surface area contributed by atoms with Gasteiger partial charge < -0.3 is 9.94 Å². The maximum absolute atomic E-state index is 10.1. The van der Waals surface area contributed by atoms with Gasteiger partial charge in [-0.25, -0.2) is 10.3 Å². The predicted molar refractivity (Wildman–Crippen MR) is 47.3 cm³/mol. The van der Waals surface area contributed by atoms with E-state index >= 15 is 0 Å². The third kappa shape index (κ3) is 4.84. The molecule has 0 spiro atoms. The number of hydrogen-bond donors (Lipinski definition) is 2. The van der Waals surface area contributed by atoms with E-state index in [9.17, 15) is 4.79 Å². The lowest BCUT2D eigenvalue weighted by Crippen LogP contribution is -2.00. The van der Waals surface area contributed by atoms with Gasteiger partial charge in [-0.3, -0.25) is 0 Å². The van der Waals surface area contributed by atoms with Crippen LogP contribution in [-0.2, 0) is 4.84 Å². The van der Waals surface area contributed by atoms with Crippen LogP contribution < -0.4 is 5.48 Å². The lowest BCUT2D eigenvalue weighted by atomic mass is 10.4. The van der Waals surface area contributed by atoms with E-state index in [1.807, 2.05) is 0 Å². The van der Waals surface area contributed by atoms with Crippen LogP contribution in [0.3, 0.4) is 0 Å². The number of carbonyl (C=O) groups is 1. The molecule has 0 atom stereocenters.